The first kappa shape index (κ1) is 14.5. The summed E-state index contributed by atoms with van der Waals surface area (Å²) < 4.78 is 5.31. The summed E-state index contributed by atoms with van der Waals surface area (Å²) in [7, 11) is 1.67. The van der Waals surface area contributed by atoms with Crippen LogP contribution >= 0.6 is 0 Å². The molecule has 1 rings (SSSR count). The highest BCUT2D eigenvalue weighted by molar-refractivity contribution is 5.86. The Bertz CT molecular complexity index is 258. The van der Waals surface area contributed by atoms with Crippen molar-refractivity contribution in [3.05, 3.63) is 0 Å². The molecule has 1 atom stereocenters. The van der Waals surface area contributed by atoms with Gasteiger partial charge in [-0.2, -0.15) is 0 Å². The van der Waals surface area contributed by atoms with Gasteiger partial charge in [0.2, 0.25) is 5.91 Å². The van der Waals surface area contributed by atoms with Crippen molar-refractivity contribution in [2.24, 2.45) is 0 Å². The van der Waals surface area contributed by atoms with Crippen LogP contribution in [0.15, 0.2) is 0 Å². The van der Waals surface area contributed by atoms with Crippen LogP contribution < -0.4 is 10.6 Å². The summed E-state index contributed by atoms with van der Waals surface area (Å²) in [5, 5.41) is 6.39. The Balaban J connectivity index is 2.55. The highest BCUT2D eigenvalue weighted by atomic mass is 16.5. The molecule has 1 unspecified atom stereocenters. The van der Waals surface area contributed by atoms with Gasteiger partial charge in [-0.05, 0) is 39.7 Å². The Morgan fingerprint density at radius 2 is 2.24 bits per heavy atom. The lowest BCUT2D eigenvalue weighted by atomic mass is 9.90. The Kier molecular flexibility index (Phi) is 4.95. The second kappa shape index (κ2) is 5.83. The molecule has 4 nitrogen and oxygen atoms in total. The molecule has 1 aliphatic rings. The number of ether oxygens (including phenoxy) is 1. The molecule has 0 radical (unpaired) electrons. The zero-order chi connectivity index (χ0) is 12.9. The first-order valence-electron chi connectivity index (χ1n) is 6.54. The summed E-state index contributed by atoms with van der Waals surface area (Å²) in [5.41, 5.74) is -0.639. The predicted molar refractivity (Wildman–Crippen MR) is 69.0 cm³/mol. The van der Waals surface area contributed by atoms with E-state index in [2.05, 4.69) is 17.6 Å². The van der Waals surface area contributed by atoms with E-state index in [9.17, 15) is 4.79 Å². The molecule has 2 N–H and O–H groups in total. The van der Waals surface area contributed by atoms with Gasteiger partial charge in [0.15, 0.2) is 0 Å². The van der Waals surface area contributed by atoms with Gasteiger partial charge in [0.25, 0.3) is 0 Å². The van der Waals surface area contributed by atoms with Crippen LogP contribution in [0, 0.1) is 0 Å². The van der Waals surface area contributed by atoms with Gasteiger partial charge < -0.3 is 15.4 Å². The molecule has 0 aromatic heterocycles. The Hall–Kier alpha value is -0.610. The molecule has 0 bridgehead atoms. The predicted octanol–water partition coefficient (Wildman–Crippen LogP) is 1.45. The van der Waals surface area contributed by atoms with Crippen LogP contribution in [0.3, 0.4) is 0 Å². The normalized spacial score (nSPS) is 24.9. The van der Waals surface area contributed by atoms with E-state index in [1.807, 2.05) is 13.8 Å². The minimum atomic E-state index is -0.335. The van der Waals surface area contributed by atoms with Crippen molar-refractivity contribution in [2.45, 2.75) is 57.6 Å². The molecule has 100 valence electrons. The highest BCUT2D eigenvalue weighted by Crippen LogP contribution is 2.25. The Labute approximate surface area is 104 Å². The van der Waals surface area contributed by atoms with E-state index in [-0.39, 0.29) is 17.0 Å². The lowest BCUT2D eigenvalue weighted by Crippen LogP contribution is -2.55. The van der Waals surface area contributed by atoms with Gasteiger partial charge in [-0.15, -0.1) is 0 Å². The van der Waals surface area contributed by atoms with Gasteiger partial charge in [0, 0.05) is 13.7 Å². The van der Waals surface area contributed by atoms with Gasteiger partial charge in [0.05, 0.1) is 11.1 Å². The van der Waals surface area contributed by atoms with Crippen molar-refractivity contribution in [1.82, 2.24) is 10.6 Å². The molecule has 1 aliphatic heterocycles. The summed E-state index contributed by atoms with van der Waals surface area (Å²) in [6, 6.07) is 0. The minimum absolute atomic E-state index is 0.127. The van der Waals surface area contributed by atoms with E-state index in [4.69, 9.17) is 4.74 Å². The van der Waals surface area contributed by atoms with E-state index in [1.54, 1.807) is 7.11 Å². The maximum atomic E-state index is 12.3. The van der Waals surface area contributed by atoms with Crippen molar-refractivity contribution in [1.29, 1.82) is 0 Å². The number of amides is 1. The molecular formula is C13H26N2O2. The number of methoxy groups -OCH3 is 1. The first-order valence-corrected chi connectivity index (χ1v) is 6.54. The largest absolute Gasteiger partial charge is 0.377 e. The maximum absolute atomic E-state index is 12.3. The molecule has 0 aliphatic carbocycles. The van der Waals surface area contributed by atoms with Crippen LogP contribution in [0.25, 0.3) is 0 Å². The van der Waals surface area contributed by atoms with Crippen molar-refractivity contribution in [2.75, 3.05) is 20.2 Å². The summed E-state index contributed by atoms with van der Waals surface area (Å²) >= 11 is 0. The zero-order valence-electron chi connectivity index (χ0n) is 11.6. The van der Waals surface area contributed by atoms with Crippen molar-refractivity contribution < 1.29 is 9.53 Å². The summed E-state index contributed by atoms with van der Waals surface area (Å²) in [5.74, 6) is 0.127. The van der Waals surface area contributed by atoms with E-state index in [0.717, 1.165) is 32.2 Å². The Morgan fingerprint density at radius 1 is 1.53 bits per heavy atom. The standard InChI is InChI=1S/C13H26N2O2/c1-5-7-13(8-6-9-15-13)11(16)14-10-12(2,3)17-4/h15H,5-10H2,1-4H3,(H,14,16). The molecule has 4 heteroatoms. The SMILES string of the molecule is CCCC1(C(=O)NCC(C)(C)OC)CCCN1. The quantitative estimate of drug-likeness (QED) is 0.741. The van der Waals surface area contributed by atoms with Crippen molar-refractivity contribution in [3.63, 3.8) is 0 Å². The average molecular weight is 242 g/mol. The lowest BCUT2D eigenvalue weighted by Gasteiger charge is -2.30. The lowest BCUT2D eigenvalue weighted by molar-refractivity contribution is -0.128. The van der Waals surface area contributed by atoms with Crippen molar-refractivity contribution >= 4 is 5.91 Å². The fraction of sp³-hybridized carbons (Fsp3) is 0.923. The fourth-order valence-electron chi connectivity index (χ4n) is 2.29. The molecular weight excluding hydrogens is 216 g/mol. The van der Waals surface area contributed by atoms with E-state index in [1.165, 1.54) is 0 Å². The molecule has 0 saturated carbocycles. The van der Waals surface area contributed by atoms with Crippen LogP contribution in [0.2, 0.25) is 0 Å². The fourth-order valence-corrected chi connectivity index (χ4v) is 2.29. The van der Waals surface area contributed by atoms with Crippen LogP contribution in [-0.2, 0) is 9.53 Å². The smallest absolute Gasteiger partial charge is 0.240 e. The van der Waals surface area contributed by atoms with Gasteiger partial charge in [-0.25, -0.2) is 0 Å². The number of carbonyl (C=O) groups excluding carboxylic acids is 1. The second-order valence-electron chi connectivity index (χ2n) is 5.51. The van der Waals surface area contributed by atoms with Gasteiger partial charge in [-0.3, -0.25) is 4.79 Å². The number of hydrogen-bond donors (Lipinski definition) is 2. The monoisotopic (exact) mass is 242 g/mol. The highest BCUT2D eigenvalue weighted by Gasteiger charge is 2.40. The van der Waals surface area contributed by atoms with Gasteiger partial charge >= 0.3 is 0 Å². The summed E-state index contributed by atoms with van der Waals surface area (Å²) in [6.45, 7) is 7.56. The third-order valence-electron chi connectivity index (χ3n) is 3.58. The van der Waals surface area contributed by atoms with Crippen LogP contribution in [0.4, 0.5) is 0 Å². The molecule has 1 amide bonds. The summed E-state index contributed by atoms with van der Waals surface area (Å²) in [6.07, 6.45) is 3.96. The van der Waals surface area contributed by atoms with Crippen LogP contribution in [-0.4, -0.2) is 37.2 Å². The molecule has 17 heavy (non-hydrogen) atoms. The minimum Gasteiger partial charge on any atom is -0.377 e. The number of rotatable bonds is 6. The third-order valence-corrected chi connectivity index (χ3v) is 3.58. The van der Waals surface area contributed by atoms with E-state index in [0.29, 0.717) is 6.54 Å². The van der Waals surface area contributed by atoms with Crippen LogP contribution in [0.5, 0.6) is 0 Å². The molecule has 1 heterocycles. The van der Waals surface area contributed by atoms with Gasteiger partial charge in [0.1, 0.15) is 0 Å². The average Bonchev–Trinajstić information content (AvgIpc) is 2.76. The molecule has 1 fully saturated rings. The van der Waals surface area contributed by atoms with E-state index < -0.39 is 0 Å². The molecule has 1 saturated heterocycles. The Morgan fingerprint density at radius 3 is 2.71 bits per heavy atom. The number of carbonyl (C=O) groups is 1. The zero-order valence-corrected chi connectivity index (χ0v) is 11.6. The molecule has 0 aromatic carbocycles. The molecule has 0 aromatic rings. The van der Waals surface area contributed by atoms with E-state index >= 15 is 0 Å². The molecule has 0 spiro atoms. The topological polar surface area (TPSA) is 50.4 Å². The first-order chi connectivity index (χ1) is 7.96. The number of nitrogens with one attached hydrogen (secondary N) is 2. The second-order valence-corrected chi connectivity index (χ2v) is 5.51. The van der Waals surface area contributed by atoms with Gasteiger partial charge in [-0.1, -0.05) is 13.3 Å². The number of hydrogen-bond acceptors (Lipinski definition) is 3. The third kappa shape index (κ3) is 3.68. The maximum Gasteiger partial charge on any atom is 0.240 e. The van der Waals surface area contributed by atoms with Crippen molar-refractivity contribution in [3.8, 4) is 0 Å². The summed E-state index contributed by atoms with van der Waals surface area (Å²) in [4.78, 5) is 12.3. The van der Waals surface area contributed by atoms with Crippen LogP contribution in [0.1, 0.15) is 46.5 Å².